The minimum Gasteiger partial charge on any atom is -0.394 e. The molecule has 1 aliphatic heterocycles. The van der Waals surface area contributed by atoms with Crippen molar-refractivity contribution in [1.29, 1.82) is 0 Å². The van der Waals surface area contributed by atoms with Crippen molar-refractivity contribution in [2.45, 2.75) is 89.7 Å². The third kappa shape index (κ3) is 6.29. The van der Waals surface area contributed by atoms with Gasteiger partial charge in [-0.25, -0.2) is 0 Å². The molecule has 0 bridgehead atoms. The van der Waals surface area contributed by atoms with Gasteiger partial charge >= 0.3 is 0 Å². The molecule has 0 radical (unpaired) electrons. The fourth-order valence-corrected chi connectivity index (χ4v) is 4.87. The monoisotopic (exact) mass is 404 g/mol. The maximum Gasteiger partial charge on any atom is 0.270 e. The van der Waals surface area contributed by atoms with Crippen molar-refractivity contribution in [3.8, 4) is 0 Å². The zero-order chi connectivity index (χ0) is 20.6. The smallest absolute Gasteiger partial charge is 0.270 e. The van der Waals surface area contributed by atoms with Crippen molar-refractivity contribution in [3.63, 3.8) is 0 Å². The van der Waals surface area contributed by atoms with E-state index in [-0.39, 0.29) is 12.0 Å². The number of amides is 1. The molecule has 1 atom stereocenters. The Kier molecular flexibility index (Phi) is 8.54. The van der Waals surface area contributed by atoms with Crippen LogP contribution in [0.4, 0.5) is 0 Å². The Morgan fingerprint density at radius 1 is 1.17 bits per heavy atom. The highest BCUT2D eigenvalue weighted by atomic mass is 16.3. The molecule has 1 saturated heterocycles. The number of carbonyl (C=O) groups excluding carboxylic acids is 1. The lowest BCUT2D eigenvalue weighted by molar-refractivity contribution is -0.128. The van der Waals surface area contributed by atoms with Gasteiger partial charge < -0.3 is 21.1 Å². The number of likely N-dealkylation sites (tertiary alicyclic amines) is 1. The quantitative estimate of drug-likeness (QED) is 0.594. The fraction of sp³-hybridized carbons (Fsp3) is 0.826. The SMILES string of the molecule is CCCN=C1CCC(NCC2CCC(O)CC2)CC1=C(N)C(=O)N1CCCCC1. The molecular weight excluding hydrogens is 364 g/mol. The highest BCUT2D eigenvalue weighted by molar-refractivity contribution is 6.08. The Hall–Kier alpha value is -1.40. The van der Waals surface area contributed by atoms with E-state index in [1.165, 1.54) is 6.42 Å². The van der Waals surface area contributed by atoms with Crippen LogP contribution in [-0.4, -0.2) is 60.0 Å². The first-order valence-electron chi connectivity index (χ1n) is 11.8. The fourth-order valence-electron chi connectivity index (χ4n) is 4.87. The summed E-state index contributed by atoms with van der Waals surface area (Å²) in [6.07, 6.45) is 11.0. The number of nitrogens with zero attached hydrogens (tertiary/aromatic N) is 2. The molecule has 6 heteroatoms. The highest BCUT2D eigenvalue weighted by Gasteiger charge is 2.29. The molecule has 1 unspecified atom stereocenters. The molecule has 0 spiro atoms. The Morgan fingerprint density at radius 3 is 2.59 bits per heavy atom. The van der Waals surface area contributed by atoms with Gasteiger partial charge in [0.05, 0.1) is 6.10 Å². The van der Waals surface area contributed by atoms with Crippen molar-refractivity contribution < 1.29 is 9.90 Å². The first kappa shape index (κ1) is 22.3. The molecule has 3 aliphatic rings. The number of nitrogens with two attached hydrogens (primary N) is 1. The van der Waals surface area contributed by atoms with Crippen LogP contribution < -0.4 is 11.1 Å². The van der Waals surface area contributed by atoms with E-state index in [9.17, 15) is 9.90 Å². The molecule has 4 N–H and O–H groups in total. The van der Waals surface area contributed by atoms with Gasteiger partial charge in [0.1, 0.15) is 5.70 Å². The third-order valence-electron chi connectivity index (χ3n) is 6.77. The number of hydrogen-bond acceptors (Lipinski definition) is 5. The van der Waals surface area contributed by atoms with Gasteiger partial charge in [-0.05, 0) is 83.1 Å². The first-order chi connectivity index (χ1) is 14.1. The largest absolute Gasteiger partial charge is 0.394 e. The van der Waals surface area contributed by atoms with E-state index in [1.54, 1.807) is 0 Å². The summed E-state index contributed by atoms with van der Waals surface area (Å²) in [5, 5.41) is 13.4. The van der Waals surface area contributed by atoms with Gasteiger partial charge in [0.2, 0.25) is 0 Å². The number of piperidine rings is 1. The Morgan fingerprint density at radius 2 is 1.90 bits per heavy atom. The van der Waals surface area contributed by atoms with Gasteiger partial charge in [-0.2, -0.15) is 0 Å². The van der Waals surface area contributed by atoms with Crippen molar-refractivity contribution in [2.24, 2.45) is 16.6 Å². The minimum atomic E-state index is -0.103. The van der Waals surface area contributed by atoms with Crippen molar-refractivity contribution in [2.75, 3.05) is 26.2 Å². The van der Waals surface area contributed by atoms with Crippen LogP contribution in [-0.2, 0) is 4.79 Å². The maximum atomic E-state index is 13.0. The van der Waals surface area contributed by atoms with Crippen LogP contribution in [0.1, 0.15) is 77.6 Å². The maximum absolute atomic E-state index is 13.0. The van der Waals surface area contributed by atoms with E-state index in [1.807, 2.05) is 4.90 Å². The second-order valence-corrected chi connectivity index (χ2v) is 9.10. The van der Waals surface area contributed by atoms with Crippen LogP contribution in [0, 0.1) is 5.92 Å². The Balaban J connectivity index is 1.65. The van der Waals surface area contributed by atoms with Crippen LogP contribution in [0.3, 0.4) is 0 Å². The zero-order valence-electron chi connectivity index (χ0n) is 18.2. The normalized spacial score (nSPS) is 31.7. The number of aliphatic imine (C=N–C) groups is 1. The van der Waals surface area contributed by atoms with Crippen LogP contribution in [0.5, 0.6) is 0 Å². The molecule has 3 rings (SSSR count). The molecule has 2 saturated carbocycles. The van der Waals surface area contributed by atoms with Crippen LogP contribution in [0.15, 0.2) is 16.3 Å². The molecule has 6 nitrogen and oxygen atoms in total. The minimum absolute atomic E-state index is 0.00539. The predicted octanol–water partition coefficient (Wildman–Crippen LogP) is 2.76. The van der Waals surface area contributed by atoms with Crippen molar-refractivity contribution >= 4 is 11.6 Å². The first-order valence-corrected chi connectivity index (χ1v) is 11.8. The van der Waals surface area contributed by atoms with Crippen LogP contribution in [0.2, 0.25) is 0 Å². The van der Waals surface area contributed by atoms with Gasteiger partial charge in [-0.3, -0.25) is 9.79 Å². The predicted molar refractivity (Wildman–Crippen MR) is 118 cm³/mol. The number of nitrogens with one attached hydrogen (secondary N) is 1. The van der Waals surface area contributed by atoms with E-state index in [4.69, 9.17) is 10.7 Å². The summed E-state index contributed by atoms with van der Waals surface area (Å²) >= 11 is 0. The molecule has 3 fully saturated rings. The highest BCUT2D eigenvalue weighted by Crippen LogP contribution is 2.27. The zero-order valence-corrected chi connectivity index (χ0v) is 18.2. The van der Waals surface area contributed by atoms with E-state index in [0.717, 1.165) is 102 Å². The van der Waals surface area contributed by atoms with Gasteiger partial charge in [-0.1, -0.05) is 6.92 Å². The average Bonchev–Trinajstić information content (AvgIpc) is 2.77. The van der Waals surface area contributed by atoms with Crippen molar-refractivity contribution in [1.82, 2.24) is 10.2 Å². The van der Waals surface area contributed by atoms with Crippen LogP contribution in [0.25, 0.3) is 0 Å². The van der Waals surface area contributed by atoms with Gasteiger partial charge in [0.15, 0.2) is 0 Å². The number of rotatable bonds is 6. The molecule has 0 aromatic rings. The molecule has 0 aromatic carbocycles. The van der Waals surface area contributed by atoms with Gasteiger partial charge in [0.25, 0.3) is 5.91 Å². The van der Waals surface area contributed by atoms with E-state index in [2.05, 4.69) is 12.2 Å². The molecule has 1 amide bonds. The number of aliphatic hydroxyl groups is 1. The number of aliphatic hydroxyl groups excluding tert-OH is 1. The molecule has 29 heavy (non-hydrogen) atoms. The number of hydrogen-bond donors (Lipinski definition) is 3. The van der Waals surface area contributed by atoms with E-state index < -0.39 is 0 Å². The second kappa shape index (κ2) is 11.1. The lowest BCUT2D eigenvalue weighted by Crippen LogP contribution is -2.42. The summed E-state index contributed by atoms with van der Waals surface area (Å²) in [7, 11) is 0. The molecule has 1 heterocycles. The second-order valence-electron chi connectivity index (χ2n) is 9.10. The molecule has 164 valence electrons. The summed E-state index contributed by atoms with van der Waals surface area (Å²) in [4.78, 5) is 19.7. The molecule has 2 aliphatic carbocycles. The Labute approximate surface area is 176 Å². The summed E-state index contributed by atoms with van der Waals surface area (Å²) < 4.78 is 0. The summed E-state index contributed by atoms with van der Waals surface area (Å²) in [6, 6.07) is 0.352. The Bertz CT molecular complexity index is 602. The lowest BCUT2D eigenvalue weighted by Gasteiger charge is -2.32. The standard InChI is InChI=1S/C23H40N4O2/c1-2-12-25-21-11-8-18(26-16-17-6-9-19(28)10-7-17)15-20(21)22(24)23(29)27-13-4-3-5-14-27/h17-19,26,28H,2-16,24H2,1H3. The summed E-state index contributed by atoms with van der Waals surface area (Å²) in [6.45, 7) is 5.56. The average molecular weight is 405 g/mol. The topological polar surface area (TPSA) is 91.0 Å². The van der Waals surface area contributed by atoms with Crippen molar-refractivity contribution in [3.05, 3.63) is 11.3 Å². The summed E-state index contributed by atoms with van der Waals surface area (Å²) in [5.41, 5.74) is 8.91. The van der Waals surface area contributed by atoms with Crippen LogP contribution >= 0.6 is 0 Å². The number of carbonyl (C=O) groups is 1. The van der Waals surface area contributed by atoms with E-state index >= 15 is 0 Å². The van der Waals surface area contributed by atoms with Gasteiger partial charge in [-0.15, -0.1) is 0 Å². The van der Waals surface area contributed by atoms with E-state index in [0.29, 0.717) is 17.7 Å². The summed E-state index contributed by atoms with van der Waals surface area (Å²) in [5.74, 6) is 0.652. The van der Waals surface area contributed by atoms with Gasteiger partial charge in [0, 0.05) is 37.0 Å². The molecule has 0 aromatic heterocycles. The lowest BCUT2D eigenvalue weighted by atomic mass is 9.85. The molecular formula is C23H40N4O2. The third-order valence-corrected chi connectivity index (χ3v) is 6.77.